The molecule has 2 rings (SSSR count). The van der Waals surface area contributed by atoms with Gasteiger partial charge in [0.1, 0.15) is 17.0 Å². The van der Waals surface area contributed by atoms with E-state index in [-0.39, 0.29) is 11.0 Å². The zero-order valence-electron chi connectivity index (χ0n) is 6.96. The fourth-order valence-corrected chi connectivity index (χ4v) is 1.38. The van der Waals surface area contributed by atoms with E-state index in [0.29, 0.717) is 16.5 Å². The van der Waals surface area contributed by atoms with Gasteiger partial charge in [-0.25, -0.2) is 9.37 Å². The highest BCUT2D eigenvalue weighted by atomic mass is 35.5. The van der Waals surface area contributed by atoms with Gasteiger partial charge in [-0.2, -0.15) is 5.26 Å². The lowest BCUT2D eigenvalue weighted by atomic mass is 10.2. The average molecular weight is 207 g/mol. The highest BCUT2D eigenvalue weighted by Crippen LogP contribution is 2.20. The highest BCUT2D eigenvalue weighted by molar-refractivity contribution is 6.31. The Morgan fingerprint density at radius 3 is 2.86 bits per heavy atom. The summed E-state index contributed by atoms with van der Waals surface area (Å²) in [5.41, 5.74) is 0.750. The predicted molar refractivity (Wildman–Crippen MR) is 51.4 cm³/mol. The summed E-state index contributed by atoms with van der Waals surface area (Å²) in [5.74, 6) is -0.370. The summed E-state index contributed by atoms with van der Waals surface area (Å²) in [6.45, 7) is 0. The van der Waals surface area contributed by atoms with Crippen molar-refractivity contribution in [2.45, 2.75) is 0 Å². The number of fused-ring (bicyclic) bond motifs is 1. The van der Waals surface area contributed by atoms with Gasteiger partial charge < -0.3 is 0 Å². The Hall–Kier alpha value is -1.66. The average Bonchev–Trinajstić information content (AvgIpc) is 2.16. The molecule has 0 radical (unpaired) electrons. The van der Waals surface area contributed by atoms with Gasteiger partial charge in [-0.05, 0) is 18.2 Å². The molecule has 0 spiro atoms. The van der Waals surface area contributed by atoms with Crippen molar-refractivity contribution in [2.75, 3.05) is 0 Å². The molecule has 0 N–H and O–H groups in total. The summed E-state index contributed by atoms with van der Waals surface area (Å²) < 4.78 is 12.8. The van der Waals surface area contributed by atoms with Gasteiger partial charge in [-0.15, -0.1) is 0 Å². The monoisotopic (exact) mass is 206 g/mol. The number of pyridine rings is 1. The van der Waals surface area contributed by atoms with Gasteiger partial charge in [0.25, 0.3) is 0 Å². The summed E-state index contributed by atoms with van der Waals surface area (Å²) in [7, 11) is 0. The van der Waals surface area contributed by atoms with Crippen molar-refractivity contribution in [1.82, 2.24) is 4.98 Å². The minimum absolute atomic E-state index is 0.102. The molecule has 14 heavy (non-hydrogen) atoms. The van der Waals surface area contributed by atoms with Crippen LogP contribution in [0.3, 0.4) is 0 Å². The lowest BCUT2D eigenvalue weighted by molar-refractivity contribution is 0.629. The third-order valence-electron chi connectivity index (χ3n) is 1.85. The molecule has 4 heteroatoms. The Morgan fingerprint density at radius 2 is 2.14 bits per heavy atom. The smallest absolute Gasteiger partial charge is 0.147 e. The summed E-state index contributed by atoms with van der Waals surface area (Å²) in [6, 6.07) is 7.66. The molecule has 0 aliphatic carbocycles. The predicted octanol–water partition coefficient (Wildman–Crippen LogP) is 2.90. The van der Waals surface area contributed by atoms with Crippen molar-refractivity contribution < 1.29 is 4.39 Å². The van der Waals surface area contributed by atoms with E-state index in [1.165, 1.54) is 12.1 Å². The molecule has 0 amide bonds. The molecule has 0 atom stereocenters. The molecule has 1 aromatic heterocycles. The third kappa shape index (κ3) is 1.40. The third-order valence-corrected chi connectivity index (χ3v) is 2.14. The van der Waals surface area contributed by atoms with Crippen LogP contribution in [-0.2, 0) is 0 Å². The standard InChI is InChI=1S/C10H4ClFN2/c11-10-7(5-13)3-6-1-2-8(12)4-9(6)14-10/h1-4H. The molecule has 1 aromatic carbocycles. The SMILES string of the molecule is N#Cc1cc2ccc(F)cc2nc1Cl. The van der Waals surface area contributed by atoms with Crippen LogP contribution in [0.4, 0.5) is 4.39 Å². The lowest BCUT2D eigenvalue weighted by Crippen LogP contribution is -1.86. The first-order chi connectivity index (χ1) is 6.70. The maximum atomic E-state index is 12.8. The van der Waals surface area contributed by atoms with Crippen molar-refractivity contribution in [3.8, 4) is 6.07 Å². The number of nitrogens with zero attached hydrogens (tertiary/aromatic N) is 2. The Bertz CT molecular complexity index is 546. The first-order valence-electron chi connectivity index (χ1n) is 3.86. The molecule has 0 bridgehead atoms. The summed E-state index contributed by atoms with van der Waals surface area (Å²) in [5, 5.41) is 9.49. The summed E-state index contributed by atoms with van der Waals surface area (Å²) in [6.07, 6.45) is 0. The van der Waals surface area contributed by atoms with Crippen LogP contribution >= 0.6 is 11.6 Å². The quantitative estimate of drug-likeness (QED) is 0.622. The maximum Gasteiger partial charge on any atom is 0.147 e. The number of halogens is 2. The van der Waals surface area contributed by atoms with E-state index in [1.54, 1.807) is 12.1 Å². The van der Waals surface area contributed by atoms with Gasteiger partial charge in [0.05, 0.1) is 11.1 Å². The second-order valence-corrected chi connectivity index (χ2v) is 3.13. The van der Waals surface area contributed by atoms with Crippen LogP contribution in [0.1, 0.15) is 5.56 Å². The van der Waals surface area contributed by atoms with E-state index in [4.69, 9.17) is 16.9 Å². The molecule has 68 valence electrons. The zero-order chi connectivity index (χ0) is 10.1. The van der Waals surface area contributed by atoms with Crippen LogP contribution in [-0.4, -0.2) is 4.98 Å². The van der Waals surface area contributed by atoms with Crippen LogP contribution in [0, 0.1) is 17.1 Å². The number of benzene rings is 1. The number of hydrogen-bond acceptors (Lipinski definition) is 2. The molecule has 0 saturated heterocycles. The fraction of sp³-hybridized carbons (Fsp3) is 0. The van der Waals surface area contributed by atoms with Gasteiger partial charge in [-0.1, -0.05) is 11.6 Å². The topological polar surface area (TPSA) is 36.7 Å². The Morgan fingerprint density at radius 1 is 1.36 bits per heavy atom. The van der Waals surface area contributed by atoms with Gasteiger partial charge in [0.2, 0.25) is 0 Å². The largest absolute Gasteiger partial charge is 0.235 e. The van der Waals surface area contributed by atoms with Crippen LogP contribution in [0.2, 0.25) is 5.15 Å². The van der Waals surface area contributed by atoms with Crippen molar-refractivity contribution in [3.05, 3.63) is 40.8 Å². The number of aromatic nitrogens is 1. The number of nitriles is 1. The molecular formula is C10H4ClFN2. The van der Waals surface area contributed by atoms with E-state index < -0.39 is 0 Å². The van der Waals surface area contributed by atoms with Crippen LogP contribution in [0.25, 0.3) is 10.9 Å². The summed E-state index contributed by atoms with van der Waals surface area (Å²) in [4.78, 5) is 3.91. The normalized spacial score (nSPS) is 10.1. The van der Waals surface area contributed by atoms with Crippen molar-refractivity contribution in [2.24, 2.45) is 0 Å². The van der Waals surface area contributed by atoms with Crippen molar-refractivity contribution >= 4 is 22.5 Å². The Kier molecular flexibility index (Phi) is 2.06. The molecule has 2 nitrogen and oxygen atoms in total. The molecule has 0 unspecified atom stereocenters. The zero-order valence-corrected chi connectivity index (χ0v) is 7.72. The lowest BCUT2D eigenvalue weighted by Gasteiger charge is -1.99. The molecule has 0 aliphatic rings. The van der Waals surface area contributed by atoms with Gasteiger partial charge >= 0.3 is 0 Å². The van der Waals surface area contributed by atoms with Crippen LogP contribution in [0.5, 0.6) is 0 Å². The Labute approximate surface area is 84.6 Å². The van der Waals surface area contributed by atoms with Gasteiger partial charge in [0.15, 0.2) is 0 Å². The molecule has 1 heterocycles. The van der Waals surface area contributed by atoms with E-state index in [1.807, 2.05) is 6.07 Å². The second-order valence-electron chi connectivity index (χ2n) is 2.78. The Balaban J connectivity index is 2.81. The number of hydrogen-bond donors (Lipinski definition) is 0. The second kappa shape index (κ2) is 3.24. The molecule has 0 saturated carbocycles. The fourth-order valence-electron chi connectivity index (χ4n) is 1.20. The maximum absolute atomic E-state index is 12.8. The van der Waals surface area contributed by atoms with E-state index in [2.05, 4.69) is 4.98 Å². The first-order valence-corrected chi connectivity index (χ1v) is 4.24. The first kappa shape index (κ1) is 8.92. The van der Waals surface area contributed by atoms with Gasteiger partial charge in [-0.3, -0.25) is 0 Å². The minimum atomic E-state index is -0.370. The summed E-state index contributed by atoms with van der Waals surface area (Å²) >= 11 is 5.70. The van der Waals surface area contributed by atoms with Gasteiger partial charge in [0, 0.05) is 11.5 Å². The van der Waals surface area contributed by atoms with E-state index in [0.717, 1.165) is 0 Å². The molecule has 2 aromatic rings. The molecule has 0 aliphatic heterocycles. The minimum Gasteiger partial charge on any atom is -0.235 e. The highest BCUT2D eigenvalue weighted by Gasteiger charge is 2.04. The van der Waals surface area contributed by atoms with E-state index in [9.17, 15) is 4.39 Å². The van der Waals surface area contributed by atoms with E-state index >= 15 is 0 Å². The number of rotatable bonds is 0. The van der Waals surface area contributed by atoms with Crippen LogP contribution < -0.4 is 0 Å². The molecular weight excluding hydrogens is 203 g/mol. The van der Waals surface area contributed by atoms with Crippen LogP contribution in [0.15, 0.2) is 24.3 Å². The van der Waals surface area contributed by atoms with Crippen molar-refractivity contribution in [1.29, 1.82) is 5.26 Å². The molecule has 0 fully saturated rings. The van der Waals surface area contributed by atoms with Crippen molar-refractivity contribution in [3.63, 3.8) is 0 Å².